The molecule has 7 nitrogen and oxygen atoms in total. The van der Waals surface area contributed by atoms with Crippen LogP contribution in [0.5, 0.6) is 11.5 Å². The van der Waals surface area contributed by atoms with E-state index in [1.807, 2.05) is 6.07 Å². The minimum Gasteiger partial charge on any atom is -0.497 e. The smallest absolute Gasteiger partial charge is 0.344 e. The van der Waals surface area contributed by atoms with E-state index in [1.165, 1.54) is 0 Å². The molecule has 0 atom stereocenters. The monoisotopic (exact) mass is 419 g/mol. The number of carbonyl (C=O) groups is 3. The zero-order valence-corrected chi connectivity index (χ0v) is 16.9. The lowest BCUT2D eigenvalue weighted by Crippen LogP contribution is -2.24. The number of esters is 1. The zero-order valence-electron chi connectivity index (χ0n) is 16.9. The number of ether oxygens (including phenoxy) is 3. The van der Waals surface area contributed by atoms with Crippen molar-refractivity contribution >= 4 is 23.3 Å². The molecule has 3 rings (SSSR count). The second-order valence-electron chi connectivity index (χ2n) is 6.41. The van der Waals surface area contributed by atoms with Crippen LogP contribution in [0.2, 0.25) is 0 Å². The van der Waals surface area contributed by atoms with Gasteiger partial charge in [-0.05, 0) is 36.4 Å². The number of para-hydroxylation sites is 1. The lowest BCUT2D eigenvalue weighted by Gasteiger charge is -2.11. The highest BCUT2D eigenvalue weighted by Gasteiger charge is 2.15. The van der Waals surface area contributed by atoms with Gasteiger partial charge in [0.15, 0.2) is 19.0 Å². The molecule has 0 unspecified atom stereocenters. The first-order valence-corrected chi connectivity index (χ1v) is 9.48. The number of hydrogen-bond acceptors (Lipinski definition) is 6. The summed E-state index contributed by atoms with van der Waals surface area (Å²) in [5.41, 5.74) is 1.19. The van der Waals surface area contributed by atoms with Crippen molar-refractivity contribution in [2.24, 2.45) is 0 Å². The topological polar surface area (TPSA) is 90.9 Å². The predicted molar refractivity (Wildman–Crippen MR) is 114 cm³/mol. The minimum atomic E-state index is -0.695. The van der Waals surface area contributed by atoms with Crippen molar-refractivity contribution in [3.63, 3.8) is 0 Å². The Hall–Kier alpha value is -4.13. The van der Waals surface area contributed by atoms with E-state index in [2.05, 4.69) is 5.32 Å². The number of carbonyl (C=O) groups excluding carboxylic acids is 3. The molecule has 0 bridgehead atoms. The molecular formula is C24H21NO6. The number of rotatable bonds is 9. The highest BCUT2D eigenvalue weighted by Crippen LogP contribution is 2.19. The summed E-state index contributed by atoms with van der Waals surface area (Å²) in [6.07, 6.45) is 0. The van der Waals surface area contributed by atoms with Crippen LogP contribution in [0.3, 0.4) is 0 Å². The van der Waals surface area contributed by atoms with Crippen LogP contribution in [-0.4, -0.2) is 38.0 Å². The molecule has 0 aliphatic carbocycles. The Kier molecular flexibility index (Phi) is 7.37. The molecule has 3 aromatic rings. The number of anilines is 1. The molecule has 0 aliphatic rings. The van der Waals surface area contributed by atoms with E-state index in [0.29, 0.717) is 28.3 Å². The maximum absolute atomic E-state index is 12.7. The van der Waals surface area contributed by atoms with Crippen molar-refractivity contribution in [3.8, 4) is 11.5 Å². The van der Waals surface area contributed by atoms with Gasteiger partial charge in [-0.15, -0.1) is 0 Å². The van der Waals surface area contributed by atoms with Crippen molar-refractivity contribution in [1.82, 2.24) is 0 Å². The molecule has 7 heteroatoms. The quantitative estimate of drug-likeness (QED) is 0.422. The summed E-state index contributed by atoms with van der Waals surface area (Å²) < 4.78 is 15.3. The summed E-state index contributed by atoms with van der Waals surface area (Å²) in [7, 11) is 1.55. The van der Waals surface area contributed by atoms with Gasteiger partial charge in [-0.1, -0.05) is 42.5 Å². The van der Waals surface area contributed by atoms with Gasteiger partial charge < -0.3 is 19.5 Å². The maximum atomic E-state index is 12.7. The van der Waals surface area contributed by atoms with Crippen LogP contribution >= 0.6 is 0 Å². The van der Waals surface area contributed by atoms with E-state index in [9.17, 15) is 14.4 Å². The number of amides is 1. The summed E-state index contributed by atoms with van der Waals surface area (Å²) in [5, 5.41) is 2.61. The van der Waals surface area contributed by atoms with Crippen LogP contribution in [0.15, 0.2) is 78.9 Å². The second kappa shape index (κ2) is 10.6. The highest BCUT2D eigenvalue weighted by molar-refractivity contribution is 6.13. The number of hydrogen-bond donors (Lipinski definition) is 1. The van der Waals surface area contributed by atoms with Gasteiger partial charge in [0, 0.05) is 11.1 Å². The summed E-state index contributed by atoms with van der Waals surface area (Å²) in [5.74, 6) is -0.347. The number of ketones is 1. The third-order valence-corrected chi connectivity index (χ3v) is 4.26. The number of nitrogens with one attached hydrogen (secondary N) is 1. The molecule has 0 radical (unpaired) electrons. The third kappa shape index (κ3) is 6.17. The van der Waals surface area contributed by atoms with E-state index < -0.39 is 18.5 Å². The van der Waals surface area contributed by atoms with E-state index in [4.69, 9.17) is 14.2 Å². The second-order valence-corrected chi connectivity index (χ2v) is 6.41. The Morgan fingerprint density at radius 1 is 0.774 bits per heavy atom. The lowest BCUT2D eigenvalue weighted by molar-refractivity contribution is -0.149. The van der Waals surface area contributed by atoms with Crippen LogP contribution in [0.1, 0.15) is 15.9 Å². The highest BCUT2D eigenvalue weighted by atomic mass is 16.6. The average Bonchev–Trinajstić information content (AvgIpc) is 2.82. The van der Waals surface area contributed by atoms with Crippen molar-refractivity contribution in [2.75, 3.05) is 25.6 Å². The summed E-state index contributed by atoms with van der Waals surface area (Å²) in [6.45, 7) is -0.846. The molecule has 3 aromatic carbocycles. The molecule has 0 saturated carbocycles. The molecule has 31 heavy (non-hydrogen) atoms. The number of benzene rings is 3. The molecule has 1 N–H and O–H groups in total. The third-order valence-electron chi connectivity index (χ3n) is 4.26. The molecule has 0 heterocycles. The average molecular weight is 419 g/mol. The fourth-order valence-corrected chi connectivity index (χ4v) is 2.72. The maximum Gasteiger partial charge on any atom is 0.344 e. The van der Waals surface area contributed by atoms with E-state index in [0.717, 1.165) is 0 Å². The minimum absolute atomic E-state index is 0.221. The zero-order chi connectivity index (χ0) is 22.1. The first-order chi connectivity index (χ1) is 15.1. The summed E-state index contributed by atoms with van der Waals surface area (Å²) >= 11 is 0. The molecule has 0 saturated heterocycles. The van der Waals surface area contributed by atoms with Gasteiger partial charge in [0.1, 0.15) is 11.5 Å². The Balaban J connectivity index is 1.51. The largest absolute Gasteiger partial charge is 0.497 e. The molecule has 0 aromatic heterocycles. The van der Waals surface area contributed by atoms with Gasteiger partial charge in [0.25, 0.3) is 5.91 Å². The van der Waals surface area contributed by atoms with E-state index in [1.54, 1.807) is 79.9 Å². The van der Waals surface area contributed by atoms with Crippen LogP contribution in [0.4, 0.5) is 5.69 Å². The standard InChI is InChI=1S/C24H21NO6/c1-29-18-11-13-19(14-12-18)30-16-23(27)31-15-22(26)25-21-10-6-5-9-20(21)24(28)17-7-3-2-4-8-17/h2-14H,15-16H2,1H3,(H,25,26). The summed E-state index contributed by atoms with van der Waals surface area (Å²) in [4.78, 5) is 36.8. The Labute approximate surface area is 179 Å². The van der Waals surface area contributed by atoms with Crippen LogP contribution in [0.25, 0.3) is 0 Å². The number of methoxy groups -OCH3 is 1. The lowest BCUT2D eigenvalue weighted by atomic mass is 10.0. The molecule has 0 fully saturated rings. The Morgan fingerprint density at radius 3 is 2.13 bits per heavy atom. The molecule has 0 spiro atoms. The van der Waals surface area contributed by atoms with Gasteiger partial charge in [0.2, 0.25) is 0 Å². The SMILES string of the molecule is COc1ccc(OCC(=O)OCC(=O)Nc2ccccc2C(=O)c2ccccc2)cc1. The fourth-order valence-electron chi connectivity index (χ4n) is 2.72. The molecule has 158 valence electrons. The van der Waals surface area contributed by atoms with Crippen LogP contribution < -0.4 is 14.8 Å². The predicted octanol–water partition coefficient (Wildman–Crippen LogP) is 3.49. The van der Waals surface area contributed by atoms with Gasteiger partial charge in [-0.25, -0.2) is 4.79 Å². The molecular weight excluding hydrogens is 398 g/mol. The Bertz CT molecular complexity index is 1050. The summed E-state index contributed by atoms with van der Waals surface area (Å²) in [6, 6.07) is 22.1. The van der Waals surface area contributed by atoms with Gasteiger partial charge in [-0.2, -0.15) is 0 Å². The van der Waals surface area contributed by atoms with Crippen molar-refractivity contribution in [1.29, 1.82) is 0 Å². The van der Waals surface area contributed by atoms with Crippen molar-refractivity contribution in [2.45, 2.75) is 0 Å². The normalized spacial score (nSPS) is 10.1. The van der Waals surface area contributed by atoms with Crippen molar-refractivity contribution in [3.05, 3.63) is 90.0 Å². The van der Waals surface area contributed by atoms with Crippen molar-refractivity contribution < 1.29 is 28.6 Å². The van der Waals surface area contributed by atoms with E-state index in [-0.39, 0.29) is 12.4 Å². The first-order valence-electron chi connectivity index (χ1n) is 9.48. The molecule has 0 aliphatic heterocycles. The van der Waals surface area contributed by atoms with Gasteiger partial charge in [-0.3, -0.25) is 9.59 Å². The van der Waals surface area contributed by atoms with Gasteiger partial charge in [0.05, 0.1) is 12.8 Å². The van der Waals surface area contributed by atoms with E-state index >= 15 is 0 Å². The molecule has 1 amide bonds. The van der Waals surface area contributed by atoms with Gasteiger partial charge >= 0.3 is 5.97 Å². The van der Waals surface area contributed by atoms with Crippen LogP contribution in [-0.2, 0) is 14.3 Å². The first kappa shape index (κ1) is 21.6. The van der Waals surface area contributed by atoms with Crippen LogP contribution in [0, 0.1) is 0 Å². The fraction of sp³-hybridized carbons (Fsp3) is 0.125. The Morgan fingerprint density at radius 2 is 1.42 bits per heavy atom.